The molecular weight excluding hydrogens is 212 g/mol. The van der Waals surface area contributed by atoms with Gasteiger partial charge in [-0.3, -0.25) is 0 Å². The van der Waals surface area contributed by atoms with Crippen LogP contribution in [0.2, 0.25) is 0 Å². The van der Waals surface area contributed by atoms with E-state index in [4.69, 9.17) is 0 Å². The Labute approximate surface area is 102 Å². The molecule has 1 aliphatic heterocycles. The fourth-order valence-corrected chi connectivity index (χ4v) is 2.25. The van der Waals surface area contributed by atoms with E-state index in [1.54, 1.807) is 0 Å². The standard InChI is InChI=1S/C13H18N4/c1-8-6-17(7-9(8)2)13-12(5-14)10(3)11(4)15-16-13/h8-9H,6-7H2,1-4H3. The Hall–Kier alpha value is -1.63. The van der Waals surface area contributed by atoms with Gasteiger partial charge in [0.15, 0.2) is 5.82 Å². The van der Waals surface area contributed by atoms with Crippen molar-refractivity contribution < 1.29 is 0 Å². The first kappa shape index (κ1) is 11.8. The minimum absolute atomic E-state index is 0.643. The molecule has 0 N–H and O–H groups in total. The molecule has 0 radical (unpaired) electrons. The van der Waals surface area contributed by atoms with Gasteiger partial charge < -0.3 is 4.90 Å². The van der Waals surface area contributed by atoms with Crippen LogP contribution in [0.15, 0.2) is 0 Å². The van der Waals surface area contributed by atoms with E-state index in [1.807, 2.05) is 13.8 Å². The summed E-state index contributed by atoms with van der Waals surface area (Å²) in [5.41, 5.74) is 2.47. The molecule has 1 aromatic rings. The molecule has 0 spiro atoms. The molecule has 17 heavy (non-hydrogen) atoms. The van der Waals surface area contributed by atoms with Crippen LogP contribution in [0.3, 0.4) is 0 Å². The number of rotatable bonds is 1. The van der Waals surface area contributed by atoms with Gasteiger partial charge in [0.05, 0.1) is 5.69 Å². The third-order valence-electron chi connectivity index (χ3n) is 3.84. The van der Waals surface area contributed by atoms with Gasteiger partial charge >= 0.3 is 0 Å². The van der Waals surface area contributed by atoms with E-state index in [0.717, 1.165) is 30.2 Å². The van der Waals surface area contributed by atoms with Gasteiger partial charge in [0.25, 0.3) is 0 Å². The number of hydrogen-bond acceptors (Lipinski definition) is 4. The van der Waals surface area contributed by atoms with Crippen molar-refractivity contribution in [2.75, 3.05) is 18.0 Å². The van der Waals surface area contributed by atoms with Crippen molar-refractivity contribution in [2.45, 2.75) is 27.7 Å². The Kier molecular flexibility index (Phi) is 3.01. The van der Waals surface area contributed by atoms with Gasteiger partial charge in [-0.2, -0.15) is 10.4 Å². The lowest BCUT2D eigenvalue weighted by molar-refractivity contribution is 0.494. The maximum Gasteiger partial charge on any atom is 0.169 e. The molecule has 2 unspecified atom stereocenters. The van der Waals surface area contributed by atoms with Crippen molar-refractivity contribution in [3.8, 4) is 6.07 Å². The average molecular weight is 230 g/mol. The van der Waals surface area contributed by atoms with E-state index < -0.39 is 0 Å². The van der Waals surface area contributed by atoms with Crippen molar-refractivity contribution in [1.29, 1.82) is 5.26 Å². The number of aryl methyl sites for hydroxylation is 1. The highest BCUT2D eigenvalue weighted by molar-refractivity contribution is 5.58. The summed E-state index contributed by atoms with van der Waals surface area (Å²) in [7, 11) is 0. The summed E-state index contributed by atoms with van der Waals surface area (Å²) in [4.78, 5) is 2.19. The van der Waals surface area contributed by atoms with Crippen LogP contribution in [-0.4, -0.2) is 23.3 Å². The van der Waals surface area contributed by atoms with Crippen molar-refractivity contribution >= 4 is 5.82 Å². The Balaban J connectivity index is 2.41. The molecule has 0 saturated carbocycles. The molecule has 0 amide bonds. The molecule has 90 valence electrons. The van der Waals surface area contributed by atoms with Crippen LogP contribution >= 0.6 is 0 Å². The van der Waals surface area contributed by atoms with Crippen LogP contribution in [0.4, 0.5) is 5.82 Å². The van der Waals surface area contributed by atoms with Crippen LogP contribution in [0.1, 0.15) is 30.7 Å². The van der Waals surface area contributed by atoms with Crippen molar-refractivity contribution in [3.05, 3.63) is 16.8 Å². The SMILES string of the molecule is Cc1nnc(N2CC(C)C(C)C2)c(C#N)c1C. The topological polar surface area (TPSA) is 52.8 Å². The van der Waals surface area contributed by atoms with Crippen LogP contribution in [0.25, 0.3) is 0 Å². The molecule has 4 nitrogen and oxygen atoms in total. The largest absolute Gasteiger partial charge is 0.353 e. The number of nitriles is 1. The first-order valence-corrected chi connectivity index (χ1v) is 6.03. The molecule has 1 saturated heterocycles. The molecule has 2 atom stereocenters. The Morgan fingerprint density at radius 1 is 1.18 bits per heavy atom. The van der Waals surface area contributed by atoms with Crippen LogP contribution in [-0.2, 0) is 0 Å². The Morgan fingerprint density at radius 3 is 2.29 bits per heavy atom. The van der Waals surface area contributed by atoms with Crippen molar-refractivity contribution in [2.24, 2.45) is 11.8 Å². The maximum absolute atomic E-state index is 9.27. The predicted molar refractivity (Wildman–Crippen MR) is 66.8 cm³/mol. The third-order valence-corrected chi connectivity index (χ3v) is 3.84. The van der Waals surface area contributed by atoms with Crippen LogP contribution in [0.5, 0.6) is 0 Å². The van der Waals surface area contributed by atoms with Crippen LogP contribution in [0, 0.1) is 37.0 Å². The lowest BCUT2D eigenvalue weighted by atomic mass is 10.0. The monoisotopic (exact) mass is 230 g/mol. The summed E-state index contributed by atoms with van der Waals surface area (Å²) >= 11 is 0. The van der Waals surface area contributed by atoms with Gasteiger partial charge in [0, 0.05) is 13.1 Å². The maximum atomic E-state index is 9.27. The second kappa shape index (κ2) is 4.33. The number of nitrogens with zero attached hydrogens (tertiary/aromatic N) is 4. The first-order chi connectivity index (χ1) is 8.04. The molecule has 1 aromatic heterocycles. The number of aromatic nitrogens is 2. The fourth-order valence-electron chi connectivity index (χ4n) is 2.25. The predicted octanol–water partition coefficient (Wildman–Crippen LogP) is 2.06. The summed E-state index contributed by atoms with van der Waals surface area (Å²) < 4.78 is 0. The third kappa shape index (κ3) is 1.97. The second-order valence-electron chi connectivity index (χ2n) is 5.08. The number of anilines is 1. The zero-order valence-corrected chi connectivity index (χ0v) is 10.9. The molecule has 2 rings (SSSR count). The van der Waals surface area contributed by atoms with Gasteiger partial charge in [0.2, 0.25) is 0 Å². The molecule has 1 fully saturated rings. The zero-order chi connectivity index (χ0) is 12.6. The quantitative estimate of drug-likeness (QED) is 0.741. The minimum Gasteiger partial charge on any atom is -0.353 e. The Bertz CT molecular complexity index is 465. The van der Waals surface area contributed by atoms with Gasteiger partial charge in [-0.15, -0.1) is 5.10 Å². The molecule has 1 aliphatic rings. The van der Waals surface area contributed by atoms with Gasteiger partial charge in [0.1, 0.15) is 11.6 Å². The lowest BCUT2D eigenvalue weighted by Gasteiger charge is -2.18. The normalized spacial score (nSPS) is 23.8. The highest BCUT2D eigenvalue weighted by Crippen LogP contribution is 2.29. The molecule has 0 bridgehead atoms. The molecule has 2 heterocycles. The zero-order valence-electron chi connectivity index (χ0n) is 10.9. The van der Waals surface area contributed by atoms with E-state index in [9.17, 15) is 5.26 Å². The molecule has 4 heteroatoms. The smallest absolute Gasteiger partial charge is 0.169 e. The van der Waals surface area contributed by atoms with E-state index >= 15 is 0 Å². The highest BCUT2D eigenvalue weighted by atomic mass is 15.3. The van der Waals surface area contributed by atoms with Gasteiger partial charge in [-0.1, -0.05) is 13.8 Å². The van der Waals surface area contributed by atoms with E-state index in [0.29, 0.717) is 17.4 Å². The average Bonchev–Trinajstić information content (AvgIpc) is 2.62. The fraction of sp³-hybridized carbons (Fsp3) is 0.615. The van der Waals surface area contributed by atoms with E-state index in [1.165, 1.54) is 0 Å². The second-order valence-corrected chi connectivity index (χ2v) is 5.08. The van der Waals surface area contributed by atoms with E-state index in [-0.39, 0.29) is 0 Å². The lowest BCUT2D eigenvalue weighted by Crippen LogP contribution is -2.23. The van der Waals surface area contributed by atoms with Gasteiger partial charge in [-0.25, -0.2) is 0 Å². The van der Waals surface area contributed by atoms with Crippen molar-refractivity contribution in [3.63, 3.8) is 0 Å². The van der Waals surface area contributed by atoms with E-state index in [2.05, 4.69) is 35.0 Å². The van der Waals surface area contributed by atoms with Gasteiger partial charge in [-0.05, 0) is 31.2 Å². The summed E-state index contributed by atoms with van der Waals surface area (Å²) in [6.45, 7) is 10.2. The number of hydrogen-bond donors (Lipinski definition) is 0. The molecule has 0 aliphatic carbocycles. The molecule has 0 aromatic carbocycles. The first-order valence-electron chi connectivity index (χ1n) is 6.03. The minimum atomic E-state index is 0.643. The summed E-state index contributed by atoms with van der Waals surface area (Å²) in [6.07, 6.45) is 0. The highest BCUT2D eigenvalue weighted by Gasteiger charge is 2.29. The molecular formula is C13H18N4. The summed E-state index contributed by atoms with van der Waals surface area (Å²) in [5, 5.41) is 17.6. The summed E-state index contributed by atoms with van der Waals surface area (Å²) in [6, 6.07) is 2.27. The Morgan fingerprint density at radius 2 is 1.76 bits per heavy atom. The van der Waals surface area contributed by atoms with Crippen molar-refractivity contribution in [1.82, 2.24) is 10.2 Å². The summed E-state index contributed by atoms with van der Waals surface area (Å²) in [5.74, 6) is 2.04. The van der Waals surface area contributed by atoms with Crippen LogP contribution < -0.4 is 4.90 Å².